The molecule has 4 rings (SSSR count). The lowest BCUT2D eigenvalue weighted by Gasteiger charge is -2.25. The average Bonchev–Trinajstić information content (AvgIpc) is 3.00. The maximum absolute atomic E-state index is 13.5. The maximum atomic E-state index is 13.5. The third kappa shape index (κ3) is 8.02. The number of hydrogen-bond acceptors (Lipinski definition) is 6. The quantitative estimate of drug-likeness (QED) is 0.191. The van der Waals surface area contributed by atoms with Crippen LogP contribution < -0.4 is 19.8 Å². The number of aryl methyl sites for hydroxylation is 1. The van der Waals surface area contributed by atoms with Gasteiger partial charge in [0.15, 0.2) is 6.61 Å². The van der Waals surface area contributed by atoms with Crippen molar-refractivity contribution in [1.82, 2.24) is 5.43 Å². The van der Waals surface area contributed by atoms with Gasteiger partial charge in [0.1, 0.15) is 12.3 Å². The third-order valence-electron chi connectivity index (χ3n) is 5.97. The minimum Gasteiger partial charge on any atom is -0.484 e. The van der Waals surface area contributed by atoms with Crippen molar-refractivity contribution < 1.29 is 22.7 Å². The Morgan fingerprint density at radius 3 is 2.15 bits per heavy atom. The molecule has 0 saturated heterocycles. The Kier molecular flexibility index (Phi) is 9.85. The Balaban J connectivity index is 1.37. The van der Waals surface area contributed by atoms with E-state index in [1.165, 1.54) is 18.3 Å². The Hall–Kier alpha value is -4.96. The number of carbonyl (C=O) groups is 2. The lowest BCUT2D eigenvalue weighted by molar-refractivity contribution is -0.119. The molecule has 0 saturated carbocycles. The van der Waals surface area contributed by atoms with Crippen molar-refractivity contribution in [1.29, 1.82) is 0 Å². The maximum Gasteiger partial charge on any atom is 0.264 e. The van der Waals surface area contributed by atoms with Gasteiger partial charge in [0.25, 0.3) is 21.8 Å². The van der Waals surface area contributed by atoms with Crippen LogP contribution in [-0.2, 0) is 26.0 Å². The van der Waals surface area contributed by atoms with E-state index in [1.807, 2.05) is 37.3 Å². The van der Waals surface area contributed by atoms with E-state index in [4.69, 9.17) is 4.74 Å². The summed E-state index contributed by atoms with van der Waals surface area (Å²) in [5.41, 5.74) is 4.99. The molecule has 0 heterocycles. The van der Waals surface area contributed by atoms with Crippen molar-refractivity contribution in [3.8, 4) is 5.75 Å². The highest BCUT2D eigenvalue weighted by Gasteiger charge is 2.28. The van der Waals surface area contributed by atoms with Gasteiger partial charge in [-0.15, -0.1) is 0 Å². The average molecular weight is 571 g/mol. The fraction of sp³-hybridized carbons (Fsp3) is 0.129. The first-order chi connectivity index (χ1) is 19.9. The van der Waals surface area contributed by atoms with Gasteiger partial charge in [0, 0.05) is 5.69 Å². The van der Waals surface area contributed by atoms with Crippen LogP contribution in [0.1, 0.15) is 18.1 Å². The minimum atomic E-state index is -4.02. The third-order valence-corrected chi connectivity index (χ3v) is 7.74. The highest BCUT2D eigenvalue weighted by atomic mass is 32.2. The molecule has 0 aromatic heterocycles. The van der Waals surface area contributed by atoms with Crippen LogP contribution in [0.2, 0.25) is 0 Å². The number of hydrogen-bond donors (Lipinski definition) is 2. The second kappa shape index (κ2) is 13.9. The molecule has 0 radical (unpaired) electrons. The molecule has 2 N–H and O–H groups in total. The van der Waals surface area contributed by atoms with Crippen LogP contribution in [0.5, 0.6) is 5.75 Å². The Morgan fingerprint density at radius 1 is 0.829 bits per heavy atom. The summed E-state index contributed by atoms with van der Waals surface area (Å²) in [6.45, 7) is 1.32. The highest BCUT2D eigenvalue weighted by molar-refractivity contribution is 7.92. The fourth-order valence-electron chi connectivity index (χ4n) is 3.93. The topological polar surface area (TPSA) is 117 Å². The Bertz CT molecular complexity index is 1590. The zero-order chi connectivity index (χ0) is 29.1. The molecule has 0 unspecified atom stereocenters. The Morgan fingerprint density at radius 2 is 1.46 bits per heavy atom. The summed E-state index contributed by atoms with van der Waals surface area (Å²) < 4.78 is 33.7. The SMILES string of the molecule is CCc1ccccc1N(CC(=O)N/N=C\c1ccc(OCC(=O)Nc2ccccc2)cc1)S(=O)(=O)c1ccccc1. The van der Waals surface area contributed by atoms with E-state index < -0.39 is 22.5 Å². The molecule has 41 heavy (non-hydrogen) atoms. The van der Waals surface area contributed by atoms with Crippen LogP contribution in [0.3, 0.4) is 0 Å². The molecule has 0 aliphatic rings. The molecule has 0 spiro atoms. The van der Waals surface area contributed by atoms with E-state index >= 15 is 0 Å². The first kappa shape index (κ1) is 29.0. The summed E-state index contributed by atoms with van der Waals surface area (Å²) in [5.74, 6) is -0.392. The summed E-state index contributed by atoms with van der Waals surface area (Å²) in [4.78, 5) is 25.0. The van der Waals surface area contributed by atoms with Crippen molar-refractivity contribution in [3.63, 3.8) is 0 Å². The van der Waals surface area contributed by atoms with Crippen molar-refractivity contribution >= 4 is 39.4 Å². The number of amides is 2. The van der Waals surface area contributed by atoms with Crippen LogP contribution in [0, 0.1) is 0 Å². The summed E-state index contributed by atoms with van der Waals surface area (Å²) in [7, 11) is -4.02. The predicted octanol–water partition coefficient (Wildman–Crippen LogP) is 4.61. The van der Waals surface area contributed by atoms with E-state index in [1.54, 1.807) is 66.7 Å². The number of rotatable bonds is 12. The molecule has 0 atom stereocenters. The number of carbonyl (C=O) groups excluding carboxylic acids is 2. The van der Waals surface area contributed by atoms with E-state index in [-0.39, 0.29) is 17.4 Å². The lowest BCUT2D eigenvalue weighted by Crippen LogP contribution is -2.40. The molecule has 0 bridgehead atoms. The van der Waals surface area contributed by atoms with Crippen LogP contribution in [0.4, 0.5) is 11.4 Å². The summed E-state index contributed by atoms with van der Waals surface area (Å²) in [6.07, 6.45) is 2.02. The van der Waals surface area contributed by atoms with Gasteiger partial charge in [-0.05, 0) is 72.1 Å². The number of benzene rings is 4. The molecule has 0 aliphatic heterocycles. The summed E-state index contributed by atoms with van der Waals surface area (Å²) in [5, 5.41) is 6.73. The van der Waals surface area contributed by atoms with E-state index in [0.717, 1.165) is 9.87 Å². The molecule has 9 nitrogen and oxygen atoms in total. The van der Waals surface area contributed by atoms with Crippen LogP contribution in [0.15, 0.2) is 119 Å². The largest absolute Gasteiger partial charge is 0.484 e. The number of ether oxygens (including phenoxy) is 1. The second-order valence-electron chi connectivity index (χ2n) is 8.87. The van der Waals surface area contributed by atoms with Gasteiger partial charge in [-0.2, -0.15) is 5.10 Å². The number of nitrogens with one attached hydrogen (secondary N) is 2. The van der Waals surface area contributed by atoms with Crippen LogP contribution >= 0.6 is 0 Å². The molecule has 2 amide bonds. The summed E-state index contributed by atoms with van der Waals surface area (Å²) >= 11 is 0. The number of anilines is 2. The van der Waals surface area contributed by atoms with Crippen molar-refractivity contribution in [2.45, 2.75) is 18.2 Å². The van der Waals surface area contributed by atoms with E-state index in [2.05, 4.69) is 15.8 Å². The molecule has 0 fully saturated rings. The number of sulfonamides is 1. The monoisotopic (exact) mass is 570 g/mol. The molecule has 4 aromatic carbocycles. The highest BCUT2D eigenvalue weighted by Crippen LogP contribution is 2.27. The minimum absolute atomic E-state index is 0.0852. The number of para-hydroxylation sites is 2. The van der Waals surface area contributed by atoms with Gasteiger partial charge in [-0.1, -0.05) is 61.5 Å². The zero-order valence-corrected chi connectivity index (χ0v) is 23.3. The van der Waals surface area contributed by atoms with Crippen LogP contribution in [-0.4, -0.2) is 39.6 Å². The van der Waals surface area contributed by atoms with Gasteiger partial charge in [-0.3, -0.25) is 13.9 Å². The van der Waals surface area contributed by atoms with E-state index in [0.29, 0.717) is 29.1 Å². The van der Waals surface area contributed by atoms with Crippen molar-refractivity contribution in [3.05, 3.63) is 120 Å². The molecular weight excluding hydrogens is 540 g/mol. The first-order valence-electron chi connectivity index (χ1n) is 12.9. The first-order valence-corrected chi connectivity index (χ1v) is 14.4. The number of nitrogens with zero attached hydrogens (tertiary/aromatic N) is 2. The van der Waals surface area contributed by atoms with Gasteiger partial charge in [0.05, 0.1) is 16.8 Å². The fourth-order valence-corrected chi connectivity index (χ4v) is 5.41. The zero-order valence-electron chi connectivity index (χ0n) is 22.4. The van der Waals surface area contributed by atoms with Crippen molar-refractivity contribution in [2.24, 2.45) is 5.10 Å². The number of hydrazone groups is 1. The van der Waals surface area contributed by atoms with E-state index in [9.17, 15) is 18.0 Å². The standard InChI is InChI=1S/C31H30N4O5S/c1-2-25-11-9-10-16-29(25)35(41(38,39)28-14-7-4-8-15-28)22-30(36)34-32-21-24-17-19-27(20-18-24)40-23-31(37)33-26-12-5-3-6-13-26/h3-21H,2,22-23H2,1H3,(H,33,37)(H,34,36)/b32-21-. The molecule has 10 heteroatoms. The Labute approximate surface area is 239 Å². The second-order valence-corrected chi connectivity index (χ2v) is 10.7. The van der Waals surface area contributed by atoms with Crippen molar-refractivity contribution in [2.75, 3.05) is 22.8 Å². The van der Waals surface area contributed by atoms with Crippen LogP contribution in [0.25, 0.3) is 0 Å². The van der Waals surface area contributed by atoms with Gasteiger partial charge >= 0.3 is 0 Å². The van der Waals surface area contributed by atoms with Gasteiger partial charge < -0.3 is 10.1 Å². The molecule has 210 valence electrons. The van der Waals surface area contributed by atoms with Gasteiger partial charge in [-0.25, -0.2) is 13.8 Å². The molecule has 4 aromatic rings. The summed E-state index contributed by atoms with van der Waals surface area (Å²) in [6, 6.07) is 30.9. The predicted molar refractivity (Wildman–Crippen MR) is 160 cm³/mol. The molecule has 0 aliphatic carbocycles. The smallest absolute Gasteiger partial charge is 0.264 e. The lowest BCUT2D eigenvalue weighted by atomic mass is 10.1. The molecular formula is C31H30N4O5S. The normalized spacial score (nSPS) is 11.1. The van der Waals surface area contributed by atoms with Gasteiger partial charge in [0.2, 0.25) is 0 Å².